The van der Waals surface area contributed by atoms with E-state index in [4.69, 9.17) is 5.73 Å². The van der Waals surface area contributed by atoms with Gasteiger partial charge in [0.05, 0.1) is 5.69 Å². The van der Waals surface area contributed by atoms with Gasteiger partial charge in [0, 0.05) is 36.3 Å². The summed E-state index contributed by atoms with van der Waals surface area (Å²) in [6, 6.07) is 8.24. The molecule has 5 nitrogen and oxygen atoms in total. The summed E-state index contributed by atoms with van der Waals surface area (Å²) in [4.78, 5) is 18.3. The number of hydrogen-bond donors (Lipinski definition) is 2. The van der Waals surface area contributed by atoms with Crippen LogP contribution in [0.15, 0.2) is 46.7 Å². The Morgan fingerprint density at radius 1 is 1.27 bits per heavy atom. The highest BCUT2D eigenvalue weighted by Crippen LogP contribution is 2.42. The van der Waals surface area contributed by atoms with Crippen LogP contribution >= 0.6 is 11.8 Å². The Morgan fingerprint density at radius 3 is 2.69 bits per heavy atom. The third-order valence-corrected chi connectivity index (χ3v) is 7.06. The van der Waals surface area contributed by atoms with Crippen molar-refractivity contribution >= 4 is 23.4 Å². The molecule has 6 heteroatoms. The van der Waals surface area contributed by atoms with Crippen LogP contribution in [0.3, 0.4) is 0 Å². The smallest absolute Gasteiger partial charge is 0.227 e. The van der Waals surface area contributed by atoms with Crippen LogP contribution in [-0.4, -0.2) is 21.5 Å². The zero-order chi connectivity index (χ0) is 18.1. The number of carbonyl (C=O) groups excluding carboxylic acids is 1. The van der Waals surface area contributed by atoms with Gasteiger partial charge in [0.1, 0.15) is 0 Å². The number of imidazole rings is 1. The van der Waals surface area contributed by atoms with Crippen molar-refractivity contribution in [1.29, 1.82) is 0 Å². The summed E-state index contributed by atoms with van der Waals surface area (Å²) in [6.07, 6.45) is 9.18. The van der Waals surface area contributed by atoms with Crippen molar-refractivity contribution in [3.8, 4) is 0 Å². The van der Waals surface area contributed by atoms with Crippen molar-refractivity contribution < 1.29 is 4.79 Å². The molecule has 2 atom stereocenters. The minimum Gasteiger partial charge on any atom is -0.329 e. The average molecular weight is 371 g/mol. The molecule has 0 saturated heterocycles. The number of hydrogen-bond acceptors (Lipinski definition) is 4. The number of aryl methyl sites for hydroxylation is 1. The molecule has 2 bridgehead atoms. The predicted molar refractivity (Wildman–Crippen MR) is 104 cm³/mol. The number of nitrogens with zero attached hydrogens (tertiary/aromatic N) is 2. The molecule has 1 aromatic carbocycles. The van der Waals surface area contributed by atoms with Crippen molar-refractivity contribution in [2.45, 2.75) is 48.2 Å². The maximum absolute atomic E-state index is 12.9. The summed E-state index contributed by atoms with van der Waals surface area (Å²) < 4.78 is 1.98. The molecular weight excluding hydrogens is 344 g/mol. The number of carbonyl (C=O) groups is 1. The Labute approximate surface area is 158 Å². The number of rotatable bonds is 4. The third-order valence-electron chi connectivity index (χ3n) is 5.91. The summed E-state index contributed by atoms with van der Waals surface area (Å²) in [6.45, 7) is 0. The molecule has 2 aliphatic rings. The van der Waals surface area contributed by atoms with E-state index in [2.05, 4.69) is 10.3 Å². The molecule has 3 N–H and O–H groups in total. The van der Waals surface area contributed by atoms with E-state index in [1.165, 1.54) is 19.3 Å². The standard InChI is InChI=1S/C20H26N4OS/c1-24-10-9-22-20(24)26-17-8-3-2-7-16(17)23-19(25)15-11-13-5-4-6-14(12-15)18(13)21/h2-3,7-10,13-15,18H,4-6,11-12,21H2,1H3,(H,23,25). The lowest BCUT2D eigenvalue weighted by Crippen LogP contribution is -2.48. The molecule has 4 rings (SSSR count). The Kier molecular flexibility index (Phi) is 5.05. The highest BCUT2D eigenvalue weighted by Gasteiger charge is 2.40. The summed E-state index contributed by atoms with van der Waals surface area (Å²) in [5.41, 5.74) is 7.24. The van der Waals surface area contributed by atoms with Gasteiger partial charge in [-0.05, 0) is 61.4 Å². The third kappa shape index (κ3) is 3.53. The average Bonchev–Trinajstić information content (AvgIpc) is 3.01. The first-order chi connectivity index (χ1) is 12.6. The number of anilines is 1. The Morgan fingerprint density at radius 2 is 2.00 bits per heavy atom. The summed E-state index contributed by atoms with van der Waals surface area (Å²) >= 11 is 1.57. The molecule has 1 amide bonds. The van der Waals surface area contributed by atoms with Crippen LogP contribution in [0.2, 0.25) is 0 Å². The van der Waals surface area contributed by atoms with E-state index in [0.29, 0.717) is 17.9 Å². The van der Waals surface area contributed by atoms with Gasteiger partial charge in [-0.15, -0.1) is 0 Å². The first-order valence-corrected chi connectivity index (χ1v) is 10.2. The molecule has 0 radical (unpaired) electrons. The van der Waals surface area contributed by atoms with Gasteiger partial charge in [-0.1, -0.05) is 18.6 Å². The second kappa shape index (κ2) is 7.45. The van der Waals surface area contributed by atoms with Gasteiger partial charge in [0.2, 0.25) is 5.91 Å². The minimum absolute atomic E-state index is 0.0799. The Balaban J connectivity index is 1.47. The quantitative estimate of drug-likeness (QED) is 0.861. The van der Waals surface area contributed by atoms with Gasteiger partial charge in [0.15, 0.2) is 5.16 Å². The molecule has 0 aliphatic heterocycles. The molecule has 1 aromatic heterocycles. The van der Waals surface area contributed by atoms with E-state index in [-0.39, 0.29) is 11.8 Å². The lowest BCUT2D eigenvalue weighted by Gasteiger charge is -2.43. The van der Waals surface area contributed by atoms with E-state index < -0.39 is 0 Å². The number of fused-ring (bicyclic) bond motifs is 2. The van der Waals surface area contributed by atoms with Gasteiger partial charge in [-0.3, -0.25) is 4.79 Å². The molecule has 2 unspecified atom stereocenters. The van der Waals surface area contributed by atoms with Crippen molar-refractivity contribution in [3.05, 3.63) is 36.7 Å². The molecule has 2 fully saturated rings. The van der Waals surface area contributed by atoms with Crippen LogP contribution in [0.1, 0.15) is 32.1 Å². The van der Waals surface area contributed by atoms with Crippen molar-refractivity contribution in [2.75, 3.05) is 5.32 Å². The lowest BCUT2D eigenvalue weighted by atomic mass is 9.65. The van der Waals surface area contributed by atoms with E-state index in [1.807, 2.05) is 42.1 Å². The lowest BCUT2D eigenvalue weighted by molar-refractivity contribution is -0.122. The van der Waals surface area contributed by atoms with Crippen LogP contribution in [0, 0.1) is 17.8 Å². The number of amides is 1. The molecule has 1 heterocycles. The Bertz CT molecular complexity index is 776. The molecule has 138 valence electrons. The van der Waals surface area contributed by atoms with Gasteiger partial charge in [0.25, 0.3) is 0 Å². The predicted octanol–water partition coefficient (Wildman–Crippen LogP) is 3.66. The summed E-state index contributed by atoms with van der Waals surface area (Å²) in [5.74, 6) is 1.24. The molecule has 0 spiro atoms. The van der Waals surface area contributed by atoms with Crippen molar-refractivity contribution in [3.63, 3.8) is 0 Å². The fraction of sp³-hybridized carbons (Fsp3) is 0.500. The second-order valence-electron chi connectivity index (χ2n) is 7.60. The fourth-order valence-electron chi connectivity index (χ4n) is 4.45. The molecule has 2 aromatic rings. The van der Waals surface area contributed by atoms with Gasteiger partial charge in [-0.25, -0.2) is 4.98 Å². The fourth-order valence-corrected chi connectivity index (χ4v) is 5.34. The zero-order valence-corrected chi connectivity index (χ0v) is 15.9. The topological polar surface area (TPSA) is 72.9 Å². The maximum atomic E-state index is 12.9. The zero-order valence-electron chi connectivity index (χ0n) is 15.1. The summed E-state index contributed by atoms with van der Waals surface area (Å²) in [7, 11) is 1.97. The number of aromatic nitrogens is 2. The van der Waals surface area contributed by atoms with E-state index >= 15 is 0 Å². The van der Waals surface area contributed by atoms with Crippen molar-refractivity contribution in [1.82, 2.24) is 9.55 Å². The van der Waals surface area contributed by atoms with E-state index in [9.17, 15) is 4.79 Å². The molecular formula is C20H26N4OS. The molecule has 2 aliphatic carbocycles. The monoisotopic (exact) mass is 370 g/mol. The number of nitrogens with one attached hydrogen (secondary N) is 1. The minimum atomic E-state index is 0.0799. The second-order valence-corrected chi connectivity index (χ2v) is 8.61. The first-order valence-electron chi connectivity index (χ1n) is 9.42. The van der Waals surface area contributed by atoms with Gasteiger partial charge >= 0.3 is 0 Å². The van der Waals surface area contributed by atoms with E-state index in [1.54, 1.807) is 18.0 Å². The SMILES string of the molecule is Cn1ccnc1Sc1ccccc1NC(=O)C1CC2CCCC(C1)C2N. The molecule has 2 saturated carbocycles. The van der Waals surface area contributed by atoms with Crippen LogP contribution in [-0.2, 0) is 11.8 Å². The highest BCUT2D eigenvalue weighted by molar-refractivity contribution is 7.99. The largest absolute Gasteiger partial charge is 0.329 e. The van der Waals surface area contributed by atoms with Gasteiger partial charge in [-0.2, -0.15) is 0 Å². The van der Waals surface area contributed by atoms with E-state index in [0.717, 1.165) is 28.6 Å². The van der Waals surface area contributed by atoms with Crippen LogP contribution < -0.4 is 11.1 Å². The first kappa shape index (κ1) is 17.6. The normalized spacial score (nSPS) is 27.9. The number of benzene rings is 1. The van der Waals surface area contributed by atoms with Crippen LogP contribution in [0.5, 0.6) is 0 Å². The number of nitrogens with two attached hydrogens (primary N) is 1. The van der Waals surface area contributed by atoms with Crippen LogP contribution in [0.4, 0.5) is 5.69 Å². The van der Waals surface area contributed by atoms with Crippen LogP contribution in [0.25, 0.3) is 0 Å². The highest BCUT2D eigenvalue weighted by atomic mass is 32.2. The van der Waals surface area contributed by atoms with Gasteiger partial charge < -0.3 is 15.6 Å². The van der Waals surface area contributed by atoms with Crippen molar-refractivity contribution in [2.24, 2.45) is 30.5 Å². The summed E-state index contributed by atoms with van der Waals surface area (Å²) in [5, 5.41) is 4.09. The Hall–Kier alpha value is -1.79. The maximum Gasteiger partial charge on any atom is 0.227 e. The number of para-hydroxylation sites is 1. The molecule has 26 heavy (non-hydrogen) atoms.